The predicted molar refractivity (Wildman–Crippen MR) is 122 cm³/mol. The summed E-state index contributed by atoms with van der Waals surface area (Å²) in [4.78, 5) is 52.9. The van der Waals surface area contributed by atoms with E-state index in [2.05, 4.69) is 20.9 Å². The number of carbonyl (C=O) groups is 4. The second kappa shape index (κ2) is 10.9. The minimum absolute atomic E-state index is 0.0364. The van der Waals surface area contributed by atoms with Crippen LogP contribution in [0.15, 0.2) is 24.3 Å². The van der Waals surface area contributed by atoms with Gasteiger partial charge >= 0.3 is 0 Å². The van der Waals surface area contributed by atoms with Crippen molar-refractivity contribution in [3.63, 3.8) is 0 Å². The lowest BCUT2D eigenvalue weighted by Crippen LogP contribution is -2.54. The first kappa shape index (κ1) is 26.2. The number of hydrogen-bond donors (Lipinski definition) is 4. The first-order chi connectivity index (χ1) is 16.5. The molecule has 1 aliphatic rings. The maximum Gasteiger partial charge on any atom is 0.268 e. The number of fused-ring (bicyclic) bond motifs is 1. The van der Waals surface area contributed by atoms with Crippen molar-refractivity contribution in [1.82, 2.24) is 20.9 Å². The number of ketones is 1. The van der Waals surface area contributed by atoms with Gasteiger partial charge in [-0.3, -0.25) is 19.2 Å². The van der Waals surface area contributed by atoms with Gasteiger partial charge in [0.05, 0.1) is 11.6 Å². The summed E-state index contributed by atoms with van der Waals surface area (Å²) in [5.41, 5.74) is -0.0405. The molecule has 0 radical (unpaired) electrons. The summed E-state index contributed by atoms with van der Waals surface area (Å²) in [6.45, 7) is 2.74. The maximum absolute atomic E-state index is 14.0. The van der Waals surface area contributed by atoms with Crippen LogP contribution in [0.1, 0.15) is 56.4 Å². The molecule has 0 spiro atoms. The molecule has 4 N–H and O–H groups in total. The largest absolute Gasteiger partial charge is 0.356 e. The fourth-order valence-electron chi connectivity index (χ4n) is 4.18. The summed E-state index contributed by atoms with van der Waals surface area (Å²) < 4.78 is 41.7. The van der Waals surface area contributed by atoms with Crippen LogP contribution in [0.4, 0.5) is 13.2 Å². The fraction of sp³-hybridized carbons (Fsp3) is 0.500. The summed E-state index contributed by atoms with van der Waals surface area (Å²) in [5, 5.41) is 7.84. The van der Waals surface area contributed by atoms with E-state index in [1.807, 2.05) is 0 Å². The number of hydrogen-bond acceptors (Lipinski definition) is 4. The van der Waals surface area contributed by atoms with Crippen molar-refractivity contribution in [2.24, 2.45) is 5.92 Å². The van der Waals surface area contributed by atoms with Crippen molar-refractivity contribution in [2.45, 2.75) is 64.0 Å². The molecule has 0 unspecified atom stereocenters. The lowest BCUT2D eigenvalue weighted by atomic mass is 9.89. The van der Waals surface area contributed by atoms with Crippen LogP contribution in [0.2, 0.25) is 0 Å². The third kappa shape index (κ3) is 6.83. The fourth-order valence-corrected chi connectivity index (χ4v) is 4.18. The first-order valence-corrected chi connectivity index (χ1v) is 11.5. The quantitative estimate of drug-likeness (QED) is 0.406. The normalized spacial score (nSPS) is 18.0. The van der Waals surface area contributed by atoms with E-state index >= 15 is 0 Å². The highest BCUT2D eigenvalue weighted by atomic mass is 19.3. The molecule has 1 aromatic heterocycles. The molecule has 2 aromatic rings. The topological polar surface area (TPSA) is 120 Å². The first-order valence-electron chi connectivity index (χ1n) is 11.5. The minimum Gasteiger partial charge on any atom is -0.356 e. The van der Waals surface area contributed by atoms with E-state index in [-0.39, 0.29) is 35.7 Å². The highest BCUT2D eigenvalue weighted by Crippen LogP contribution is 2.22. The number of amides is 3. The zero-order valence-electron chi connectivity index (χ0n) is 19.6. The third-order valence-electron chi connectivity index (χ3n) is 6.01. The molecule has 0 aliphatic carbocycles. The Morgan fingerprint density at radius 3 is 2.57 bits per heavy atom. The van der Waals surface area contributed by atoms with Crippen LogP contribution in [0.5, 0.6) is 0 Å². The monoisotopic (exact) mass is 494 g/mol. The van der Waals surface area contributed by atoms with Crippen molar-refractivity contribution in [1.29, 1.82) is 0 Å². The highest BCUT2D eigenvalue weighted by molar-refractivity contribution is 6.01. The number of aromatic nitrogens is 1. The molecule has 0 saturated carbocycles. The Morgan fingerprint density at radius 1 is 1.20 bits per heavy atom. The van der Waals surface area contributed by atoms with Gasteiger partial charge in [0.1, 0.15) is 17.6 Å². The molecule has 0 bridgehead atoms. The minimum atomic E-state index is -3.31. The Kier molecular flexibility index (Phi) is 8.18. The summed E-state index contributed by atoms with van der Waals surface area (Å²) in [6.07, 6.45) is 0.355. The summed E-state index contributed by atoms with van der Waals surface area (Å²) in [5.74, 6) is -6.82. The number of alkyl halides is 2. The van der Waals surface area contributed by atoms with Gasteiger partial charge in [0, 0.05) is 30.7 Å². The van der Waals surface area contributed by atoms with Crippen LogP contribution < -0.4 is 16.0 Å². The molecular formula is C24H29F3N4O4. The van der Waals surface area contributed by atoms with Crippen LogP contribution in [0, 0.1) is 11.7 Å². The molecule has 35 heavy (non-hydrogen) atoms. The van der Waals surface area contributed by atoms with Crippen molar-refractivity contribution in [3.05, 3.63) is 35.8 Å². The average Bonchev–Trinajstić information content (AvgIpc) is 3.24. The summed E-state index contributed by atoms with van der Waals surface area (Å²) >= 11 is 0. The van der Waals surface area contributed by atoms with E-state index in [1.165, 1.54) is 18.2 Å². The molecule has 3 rings (SSSR count). The number of piperidine rings is 1. The number of aromatic amines is 1. The number of nitrogens with one attached hydrogen (secondary N) is 4. The maximum atomic E-state index is 14.0. The van der Waals surface area contributed by atoms with E-state index in [1.54, 1.807) is 13.0 Å². The molecule has 1 aromatic carbocycles. The molecule has 3 amide bonds. The number of benzene rings is 1. The number of Topliss-reactive ketones (excluding diaryl/α,β-unsaturated/α-hetero) is 1. The third-order valence-corrected chi connectivity index (χ3v) is 6.01. The smallest absolute Gasteiger partial charge is 0.268 e. The molecular weight excluding hydrogens is 465 g/mol. The predicted octanol–water partition coefficient (Wildman–Crippen LogP) is 2.83. The summed E-state index contributed by atoms with van der Waals surface area (Å²) in [7, 11) is 0. The molecule has 2 heterocycles. The number of para-hydroxylation sites is 1. The van der Waals surface area contributed by atoms with Crippen LogP contribution in [0.25, 0.3) is 10.9 Å². The number of rotatable bonds is 10. The summed E-state index contributed by atoms with van der Waals surface area (Å²) in [6, 6.07) is 2.83. The van der Waals surface area contributed by atoms with Gasteiger partial charge in [-0.15, -0.1) is 0 Å². The van der Waals surface area contributed by atoms with Gasteiger partial charge in [-0.1, -0.05) is 19.1 Å². The van der Waals surface area contributed by atoms with Crippen molar-refractivity contribution >= 4 is 34.4 Å². The SMILES string of the molecule is CCC(=O)[C@H](C[C@@H]1CCCNC1=O)NC(=O)[C@H](CC(C)(F)F)NC(=O)c1cc2cccc(F)c2[nH]1. The van der Waals surface area contributed by atoms with E-state index in [4.69, 9.17) is 0 Å². The van der Waals surface area contributed by atoms with Crippen LogP contribution in [-0.4, -0.2) is 53.0 Å². The average molecular weight is 495 g/mol. The Morgan fingerprint density at radius 2 is 1.94 bits per heavy atom. The van der Waals surface area contributed by atoms with Crippen LogP contribution >= 0.6 is 0 Å². The van der Waals surface area contributed by atoms with E-state index in [9.17, 15) is 32.3 Å². The zero-order chi connectivity index (χ0) is 25.8. The number of halogens is 3. The van der Waals surface area contributed by atoms with E-state index in [0.29, 0.717) is 25.3 Å². The van der Waals surface area contributed by atoms with Crippen LogP contribution in [-0.2, 0) is 14.4 Å². The Hall–Kier alpha value is -3.37. The van der Waals surface area contributed by atoms with Crippen molar-refractivity contribution in [2.75, 3.05) is 6.54 Å². The van der Waals surface area contributed by atoms with Gasteiger partial charge in [-0.05, 0) is 38.3 Å². The van der Waals surface area contributed by atoms with E-state index in [0.717, 1.165) is 6.42 Å². The van der Waals surface area contributed by atoms with Crippen molar-refractivity contribution in [3.8, 4) is 0 Å². The van der Waals surface area contributed by atoms with Crippen molar-refractivity contribution < 1.29 is 32.3 Å². The molecule has 190 valence electrons. The number of carbonyl (C=O) groups excluding carboxylic acids is 4. The van der Waals surface area contributed by atoms with Gasteiger partial charge < -0.3 is 20.9 Å². The lowest BCUT2D eigenvalue weighted by molar-refractivity contribution is -0.132. The standard InChI is InChI=1S/C24H29F3N4O4/c1-3-19(32)16(11-14-7-5-9-28-21(14)33)30-23(35)18(12-24(2,26)27)31-22(34)17-10-13-6-4-8-15(25)20(13)29-17/h4,6,8,10,14,16,18,29H,3,5,7,9,11-12H2,1-2H3,(H,28,33)(H,30,35)(H,31,34)/t14-,16-,18-/m0/s1. The number of H-pyrrole nitrogens is 1. The molecule has 11 heteroatoms. The van der Waals surface area contributed by atoms with Gasteiger partial charge in [0.25, 0.3) is 5.91 Å². The second-order valence-electron chi connectivity index (χ2n) is 8.93. The van der Waals surface area contributed by atoms with Crippen LogP contribution in [0.3, 0.4) is 0 Å². The van der Waals surface area contributed by atoms with E-state index < -0.39 is 48.0 Å². The zero-order valence-corrected chi connectivity index (χ0v) is 19.6. The molecule has 1 saturated heterocycles. The lowest BCUT2D eigenvalue weighted by Gasteiger charge is -2.28. The second-order valence-corrected chi connectivity index (χ2v) is 8.93. The molecule has 8 nitrogen and oxygen atoms in total. The van der Waals surface area contributed by atoms with Gasteiger partial charge in [0.2, 0.25) is 17.7 Å². The highest BCUT2D eigenvalue weighted by Gasteiger charge is 2.36. The Labute approximate surface area is 200 Å². The van der Waals surface area contributed by atoms with Gasteiger partial charge in [-0.2, -0.15) is 0 Å². The Balaban J connectivity index is 1.78. The molecule has 3 atom stereocenters. The molecule has 1 fully saturated rings. The van der Waals surface area contributed by atoms with Gasteiger partial charge in [-0.25, -0.2) is 13.2 Å². The molecule has 1 aliphatic heterocycles. The van der Waals surface area contributed by atoms with Gasteiger partial charge in [0.15, 0.2) is 5.78 Å². The Bertz CT molecular complexity index is 1110.